The van der Waals surface area contributed by atoms with E-state index in [0.717, 1.165) is 0 Å². The van der Waals surface area contributed by atoms with Crippen molar-refractivity contribution < 1.29 is 51.3 Å². The number of hydrogen-bond acceptors (Lipinski definition) is 4. The van der Waals surface area contributed by atoms with Crippen molar-refractivity contribution in [1.29, 1.82) is 0 Å². The van der Waals surface area contributed by atoms with Gasteiger partial charge in [-0.05, 0) is 0 Å². The van der Waals surface area contributed by atoms with E-state index in [1.807, 2.05) is 0 Å². The minimum atomic E-state index is -2.74. The minimum absolute atomic E-state index is 0. The predicted molar refractivity (Wildman–Crippen MR) is 42.4 cm³/mol. The summed E-state index contributed by atoms with van der Waals surface area (Å²) in [5, 5.41) is 33.8. The summed E-state index contributed by atoms with van der Waals surface area (Å²) in [6, 6.07) is 0. The van der Waals surface area contributed by atoms with Crippen LogP contribution in [0.2, 0.25) is 0 Å². The Morgan fingerprint density at radius 3 is 1.33 bits per heavy atom. The van der Waals surface area contributed by atoms with Crippen molar-refractivity contribution in [2.75, 3.05) is 0 Å². The van der Waals surface area contributed by atoms with Gasteiger partial charge in [0, 0.05) is 16.5 Å². The van der Waals surface area contributed by atoms with Crippen LogP contribution in [-0.2, 0) is 30.9 Å². The molecule has 0 aromatic heterocycles. The first-order valence-corrected chi connectivity index (χ1v) is 3.17. The topological polar surface area (TPSA) is 166 Å². The third kappa shape index (κ3) is 6.84. The molecule has 0 aromatic rings. The van der Waals surface area contributed by atoms with E-state index in [1.54, 1.807) is 0 Å². The summed E-state index contributed by atoms with van der Waals surface area (Å²) >= 11 is 0. The summed E-state index contributed by atoms with van der Waals surface area (Å²) in [5.41, 5.74) is -2.74. The zero-order chi connectivity index (χ0) is 10.6. The molecule has 0 unspecified atom stereocenters. The predicted octanol–water partition coefficient (Wildman–Crippen LogP) is -0.534. The molecule has 0 heterocycles. The molecule has 0 aliphatic rings. The Morgan fingerprint density at radius 1 is 0.933 bits per heavy atom. The van der Waals surface area contributed by atoms with Gasteiger partial charge in [0.1, 0.15) is 0 Å². The third-order valence-corrected chi connectivity index (χ3v) is 1.29. The molecule has 6 N–H and O–H groups in total. The number of carboxylic acids is 3. The van der Waals surface area contributed by atoms with Gasteiger partial charge in [0.15, 0.2) is 5.60 Å². The third-order valence-electron chi connectivity index (χ3n) is 1.29. The van der Waals surface area contributed by atoms with Gasteiger partial charge in [0.25, 0.3) is 0 Å². The van der Waals surface area contributed by atoms with Gasteiger partial charge in [-0.1, -0.05) is 0 Å². The molecule has 8 nitrogen and oxygen atoms in total. The second-order valence-electron chi connectivity index (χ2n) is 2.48. The van der Waals surface area contributed by atoms with Crippen molar-refractivity contribution in [3.05, 3.63) is 6.15 Å². The fourth-order valence-corrected chi connectivity index (χ4v) is 0.714. The van der Waals surface area contributed by atoms with E-state index in [1.165, 1.54) is 0 Å². The molecule has 0 saturated heterocycles. The Balaban J connectivity index is -0.000000720. The van der Waals surface area contributed by atoms with Gasteiger partial charge in [0.2, 0.25) is 0 Å². The van der Waals surface area contributed by atoms with Gasteiger partial charge in [-0.2, -0.15) is 0 Å². The van der Waals surface area contributed by atoms with Crippen LogP contribution in [0, 0.1) is 0 Å². The first kappa shape index (κ1) is 19.4. The van der Waals surface area contributed by atoms with E-state index in [4.69, 9.17) is 20.4 Å². The molecule has 0 amide bonds. The minimum Gasteiger partial charge on any atom is -0.693 e. The van der Waals surface area contributed by atoms with Crippen molar-refractivity contribution in [2.24, 2.45) is 0 Å². The number of carbonyl (C=O) groups is 3. The van der Waals surface area contributed by atoms with E-state index >= 15 is 0 Å². The number of hydrogen-bond donors (Lipinski definition) is 4. The molecule has 0 bridgehead atoms. The number of aliphatic carboxylic acids is 3. The van der Waals surface area contributed by atoms with Crippen LogP contribution >= 0.6 is 0 Å². The molecule has 0 fully saturated rings. The van der Waals surface area contributed by atoms with Crippen molar-refractivity contribution in [1.82, 2.24) is 0 Å². The quantitative estimate of drug-likeness (QED) is 0.485. The second kappa shape index (κ2) is 7.16. The van der Waals surface area contributed by atoms with Crippen LogP contribution in [0.25, 0.3) is 6.15 Å². The summed E-state index contributed by atoms with van der Waals surface area (Å²) in [7, 11) is 0. The Morgan fingerprint density at radius 2 is 1.20 bits per heavy atom. The zero-order valence-corrected chi connectivity index (χ0v) is 8.31. The number of carboxylic acid groups (broad SMARTS) is 3. The molecule has 92 valence electrons. The standard InChI is InChI=1S/C6H8O7.H2N.Ni/c7-3(8)1-6(13,5(11)12)2-4(9)10;;/h13H,1-2H2,(H,7,8)(H,9,10)(H,11,12);1H2;/q;-1;. The molecule has 0 aromatic carbocycles. The van der Waals surface area contributed by atoms with Crippen LogP contribution in [0.4, 0.5) is 0 Å². The van der Waals surface area contributed by atoms with Crippen LogP contribution in [0.15, 0.2) is 0 Å². The molecular formula is C6H10NNiO7-. The summed E-state index contributed by atoms with van der Waals surface area (Å²) in [4.78, 5) is 30.5. The number of rotatable bonds is 5. The summed E-state index contributed by atoms with van der Waals surface area (Å²) < 4.78 is 0. The van der Waals surface area contributed by atoms with Gasteiger partial charge in [0.05, 0.1) is 12.8 Å². The monoisotopic (exact) mass is 266 g/mol. The molecule has 9 heteroatoms. The molecule has 0 spiro atoms. The molecular weight excluding hydrogens is 257 g/mol. The fourth-order valence-electron chi connectivity index (χ4n) is 0.714. The first-order chi connectivity index (χ1) is 5.78. The van der Waals surface area contributed by atoms with Crippen LogP contribution in [0.5, 0.6) is 0 Å². The molecule has 0 radical (unpaired) electrons. The first-order valence-electron chi connectivity index (χ1n) is 3.17. The maximum absolute atomic E-state index is 10.3. The smallest absolute Gasteiger partial charge is 0.336 e. The van der Waals surface area contributed by atoms with Crippen molar-refractivity contribution in [3.8, 4) is 0 Å². The zero-order valence-electron chi connectivity index (χ0n) is 7.32. The molecule has 0 saturated carbocycles. The van der Waals surface area contributed by atoms with Gasteiger partial charge in [-0.3, -0.25) is 9.59 Å². The van der Waals surface area contributed by atoms with E-state index in [-0.39, 0.29) is 22.6 Å². The van der Waals surface area contributed by atoms with Gasteiger partial charge < -0.3 is 26.6 Å². The van der Waals surface area contributed by atoms with E-state index in [9.17, 15) is 14.4 Å². The molecule has 15 heavy (non-hydrogen) atoms. The maximum atomic E-state index is 10.3. The molecule has 0 rings (SSSR count). The SMILES string of the molecule is O=C(O)CC(O)(CC(=O)O)C(=O)O.[NH2-].[Ni]. The van der Waals surface area contributed by atoms with Crippen LogP contribution in [-0.4, -0.2) is 43.9 Å². The molecule has 0 atom stereocenters. The van der Waals surface area contributed by atoms with Gasteiger partial charge in [-0.25, -0.2) is 4.79 Å². The van der Waals surface area contributed by atoms with E-state index < -0.39 is 36.4 Å². The average molecular weight is 267 g/mol. The summed E-state index contributed by atoms with van der Waals surface area (Å²) in [6.07, 6.45) is -2.29. The van der Waals surface area contributed by atoms with Crippen LogP contribution < -0.4 is 0 Å². The van der Waals surface area contributed by atoms with Crippen LogP contribution in [0.3, 0.4) is 0 Å². The Bertz CT molecular complexity index is 238. The van der Waals surface area contributed by atoms with Crippen LogP contribution in [0.1, 0.15) is 12.8 Å². The molecule has 0 aliphatic heterocycles. The van der Waals surface area contributed by atoms with E-state index in [2.05, 4.69) is 0 Å². The Kier molecular flexibility index (Phi) is 9.26. The second-order valence-corrected chi connectivity index (χ2v) is 2.48. The summed E-state index contributed by atoms with van der Waals surface area (Å²) in [6.45, 7) is 0. The van der Waals surface area contributed by atoms with Gasteiger partial charge in [-0.15, -0.1) is 0 Å². The maximum Gasteiger partial charge on any atom is 0.336 e. The fraction of sp³-hybridized carbons (Fsp3) is 0.500. The van der Waals surface area contributed by atoms with Crippen molar-refractivity contribution >= 4 is 17.9 Å². The van der Waals surface area contributed by atoms with Gasteiger partial charge >= 0.3 is 17.9 Å². The largest absolute Gasteiger partial charge is 0.693 e. The number of aliphatic hydroxyl groups is 1. The van der Waals surface area contributed by atoms with Crippen molar-refractivity contribution in [3.63, 3.8) is 0 Å². The normalized spacial score (nSPS) is 9.40. The Hall–Kier alpha value is -1.18. The van der Waals surface area contributed by atoms with Crippen molar-refractivity contribution in [2.45, 2.75) is 18.4 Å². The average Bonchev–Trinajstić information content (AvgIpc) is 1.82. The number of nitrogens with two attached hydrogens (primary N) is 1. The molecule has 0 aliphatic carbocycles. The van der Waals surface area contributed by atoms with E-state index in [0.29, 0.717) is 0 Å². The summed E-state index contributed by atoms with van der Waals surface area (Å²) in [5.74, 6) is -5.02. The Labute approximate surface area is 94.4 Å².